The zero-order valence-electron chi connectivity index (χ0n) is 16.0. The molecule has 7 nitrogen and oxygen atoms in total. The highest BCUT2D eigenvalue weighted by molar-refractivity contribution is 5.91. The van der Waals surface area contributed by atoms with Crippen LogP contribution < -0.4 is 5.73 Å². The van der Waals surface area contributed by atoms with E-state index in [2.05, 4.69) is 61.0 Å². The van der Waals surface area contributed by atoms with Gasteiger partial charge < -0.3 is 15.5 Å². The molecule has 0 atom stereocenters. The summed E-state index contributed by atoms with van der Waals surface area (Å²) in [4.78, 5) is 18.2. The van der Waals surface area contributed by atoms with Crippen molar-refractivity contribution in [3.63, 3.8) is 0 Å². The Morgan fingerprint density at radius 1 is 1.11 bits per heavy atom. The third kappa shape index (κ3) is 2.84. The molecule has 0 spiro atoms. The molecule has 0 radical (unpaired) electrons. The van der Waals surface area contributed by atoms with E-state index in [4.69, 9.17) is 5.73 Å². The van der Waals surface area contributed by atoms with Crippen molar-refractivity contribution in [1.82, 2.24) is 24.2 Å². The number of amidine groups is 1. The maximum absolute atomic E-state index is 5.87. The fraction of sp³-hybridized carbons (Fsp3) is 0.286. The molecule has 2 aromatic heterocycles. The number of piperazine rings is 1. The molecule has 1 saturated heterocycles. The van der Waals surface area contributed by atoms with E-state index in [-0.39, 0.29) is 0 Å². The summed E-state index contributed by atoms with van der Waals surface area (Å²) >= 11 is 0. The minimum Gasteiger partial charge on any atom is -0.387 e. The number of fused-ring (bicyclic) bond motifs is 2. The van der Waals surface area contributed by atoms with Gasteiger partial charge in [0, 0.05) is 44.4 Å². The maximum Gasteiger partial charge on any atom is 0.155 e. The van der Waals surface area contributed by atoms with Gasteiger partial charge in [0.2, 0.25) is 0 Å². The summed E-state index contributed by atoms with van der Waals surface area (Å²) in [5.74, 6) is 0.663. The number of aliphatic imine (C=N–C) groups is 1. The molecule has 142 valence electrons. The maximum atomic E-state index is 5.87. The number of benzene rings is 1. The molecular weight excluding hydrogens is 350 g/mol. The molecule has 1 aromatic carbocycles. The summed E-state index contributed by atoms with van der Waals surface area (Å²) in [5.41, 5.74) is 12.7. The van der Waals surface area contributed by atoms with Crippen molar-refractivity contribution in [2.24, 2.45) is 10.7 Å². The molecule has 0 amide bonds. The normalized spacial score (nSPS) is 17.0. The topological polar surface area (TPSA) is 75.0 Å². The van der Waals surface area contributed by atoms with Crippen LogP contribution in [0.4, 0.5) is 5.69 Å². The monoisotopic (exact) mass is 373 g/mol. The van der Waals surface area contributed by atoms with Crippen molar-refractivity contribution in [1.29, 1.82) is 0 Å². The first kappa shape index (κ1) is 16.9. The average molecular weight is 373 g/mol. The minimum absolute atomic E-state index is 0.663. The molecular formula is C21H23N7. The smallest absolute Gasteiger partial charge is 0.155 e. The van der Waals surface area contributed by atoms with E-state index in [1.54, 1.807) is 6.20 Å². The van der Waals surface area contributed by atoms with Gasteiger partial charge in [-0.15, -0.1) is 0 Å². The number of aromatic nitrogens is 3. The summed E-state index contributed by atoms with van der Waals surface area (Å²) in [6.45, 7) is 8.39. The SMILES string of the molecule is C=C(c1cnc2cnc(-c3ccc4c(c3)N=C(N)C4)cn12)N1CCN(C)CC1. The van der Waals surface area contributed by atoms with Gasteiger partial charge >= 0.3 is 0 Å². The summed E-state index contributed by atoms with van der Waals surface area (Å²) in [6, 6.07) is 6.21. The molecule has 7 heteroatoms. The Labute approximate surface area is 163 Å². The number of imidazole rings is 1. The lowest BCUT2D eigenvalue weighted by Gasteiger charge is -2.34. The molecule has 0 saturated carbocycles. The zero-order valence-corrected chi connectivity index (χ0v) is 16.0. The minimum atomic E-state index is 0.663. The van der Waals surface area contributed by atoms with Crippen LogP contribution in [-0.4, -0.2) is 63.2 Å². The Morgan fingerprint density at radius 3 is 2.75 bits per heavy atom. The van der Waals surface area contributed by atoms with Crippen LogP contribution in [-0.2, 0) is 6.42 Å². The lowest BCUT2D eigenvalue weighted by Crippen LogP contribution is -2.43. The van der Waals surface area contributed by atoms with Crippen LogP contribution >= 0.6 is 0 Å². The third-order valence-corrected chi connectivity index (χ3v) is 5.59. The van der Waals surface area contributed by atoms with E-state index in [1.165, 1.54) is 0 Å². The van der Waals surface area contributed by atoms with Crippen molar-refractivity contribution in [3.05, 3.63) is 54.6 Å². The second-order valence-electron chi connectivity index (χ2n) is 7.50. The van der Waals surface area contributed by atoms with Crippen LogP contribution in [0.25, 0.3) is 22.6 Å². The second kappa shape index (κ2) is 6.45. The van der Waals surface area contributed by atoms with Gasteiger partial charge in [-0.05, 0) is 18.7 Å². The predicted octanol–water partition coefficient (Wildman–Crippen LogP) is 2.16. The number of nitrogens with two attached hydrogens (primary N) is 1. The highest BCUT2D eigenvalue weighted by Crippen LogP contribution is 2.31. The van der Waals surface area contributed by atoms with E-state index in [1.807, 2.05) is 12.4 Å². The van der Waals surface area contributed by atoms with Gasteiger partial charge in [0.1, 0.15) is 5.84 Å². The Balaban J connectivity index is 1.50. The van der Waals surface area contributed by atoms with E-state index in [0.717, 1.165) is 72.1 Å². The first-order chi connectivity index (χ1) is 13.6. The van der Waals surface area contributed by atoms with Gasteiger partial charge in [-0.25, -0.2) is 9.98 Å². The lowest BCUT2D eigenvalue weighted by atomic mass is 10.1. The van der Waals surface area contributed by atoms with Crippen LogP contribution in [0.2, 0.25) is 0 Å². The average Bonchev–Trinajstić information content (AvgIpc) is 3.29. The molecule has 28 heavy (non-hydrogen) atoms. The van der Waals surface area contributed by atoms with E-state index >= 15 is 0 Å². The standard InChI is InChI=1S/C21H23N7/c1-14(27-7-5-26(2)6-8-27)19-11-24-21-12-23-18(13-28(19)21)15-3-4-16-10-20(22)25-17(16)9-15/h3-4,9,11-13H,1,5-8,10H2,2H3,(H2,22,25). The zero-order chi connectivity index (χ0) is 19.3. The number of likely N-dealkylation sites (N-methyl/N-ethyl adjacent to an activating group) is 1. The van der Waals surface area contributed by atoms with Crippen molar-refractivity contribution >= 4 is 22.9 Å². The van der Waals surface area contributed by atoms with Crippen LogP contribution in [0, 0.1) is 0 Å². The number of rotatable bonds is 3. The molecule has 0 aliphatic carbocycles. The van der Waals surface area contributed by atoms with E-state index in [9.17, 15) is 0 Å². The summed E-state index contributed by atoms with van der Waals surface area (Å²) in [7, 11) is 2.15. The van der Waals surface area contributed by atoms with Crippen LogP contribution in [0.5, 0.6) is 0 Å². The van der Waals surface area contributed by atoms with Crippen LogP contribution in [0.3, 0.4) is 0 Å². The summed E-state index contributed by atoms with van der Waals surface area (Å²) < 4.78 is 2.08. The lowest BCUT2D eigenvalue weighted by molar-refractivity contribution is 0.207. The van der Waals surface area contributed by atoms with E-state index in [0.29, 0.717) is 5.84 Å². The molecule has 3 aromatic rings. The quantitative estimate of drug-likeness (QED) is 0.761. The molecule has 5 rings (SSSR count). The van der Waals surface area contributed by atoms with E-state index < -0.39 is 0 Å². The molecule has 0 bridgehead atoms. The van der Waals surface area contributed by atoms with Gasteiger partial charge in [0.05, 0.1) is 35.2 Å². The van der Waals surface area contributed by atoms with Gasteiger partial charge in [-0.1, -0.05) is 18.7 Å². The first-order valence-corrected chi connectivity index (χ1v) is 9.51. The van der Waals surface area contributed by atoms with Gasteiger partial charge in [-0.2, -0.15) is 0 Å². The Hall–Kier alpha value is -3.19. The molecule has 0 unspecified atom stereocenters. The van der Waals surface area contributed by atoms with Gasteiger partial charge in [0.25, 0.3) is 0 Å². The van der Waals surface area contributed by atoms with Crippen molar-refractivity contribution in [2.75, 3.05) is 33.2 Å². The fourth-order valence-corrected chi connectivity index (χ4v) is 3.86. The Kier molecular flexibility index (Phi) is 3.91. The highest BCUT2D eigenvalue weighted by atomic mass is 15.3. The Bertz CT molecular complexity index is 1100. The predicted molar refractivity (Wildman–Crippen MR) is 112 cm³/mol. The molecule has 2 aliphatic rings. The van der Waals surface area contributed by atoms with Gasteiger partial charge in [0.15, 0.2) is 5.65 Å². The first-order valence-electron chi connectivity index (χ1n) is 9.51. The fourth-order valence-electron chi connectivity index (χ4n) is 3.86. The van der Waals surface area contributed by atoms with Crippen LogP contribution in [0.1, 0.15) is 11.3 Å². The molecule has 1 fully saturated rings. The summed E-state index contributed by atoms with van der Waals surface area (Å²) in [5, 5.41) is 0. The number of hydrogen-bond acceptors (Lipinski definition) is 6. The largest absolute Gasteiger partial charge is 0.387 e. The van der Waals surface area contributed by atoms with Crippen molar-refractivity contribution in [3.8, 4) is 11.3 Å². The number of hydrogen-bond donors (Lipinski definition) is 1. The summed E-state index contributed by atoms with van der Waals surface area (Å²) in [6.07, 6.45) is 6.44. The second-order valence-corrected chi connectivity index (χ2v) is 7.50. The van der Waals surface area contributed by atoms with Gasteiger partial charge in [-0.3, -0.25) is 9.38 Å². The third-order valence-electron chi connectivity index (χ3n) is 5.59. The highest BCUT2D eigenvalue weighted by Gasteiger charge is 2.19. The van der Waals surface area contributed by atoms with Crippen molar-refractivity contribution < 1.29 is 0 Å². The molecule has 2 N–H and O–H groups in total. The molecule has 4 heterocycles. The Morgan fingerprint density at radius 2 is 1.93 bits per heavy atom. The molecule has 2 aliphatic heterocycles. The van der Waals surface area contributed by atoms with Crippen molar-refractivity contribution in [2.45, 2.75) is 6.42 Å². The van der Waals surface area contributed by atoms with Crippen LogP contribution in [0.15, 0.2) is 48.4 Å². The number of nitrogens with zero attached hydrogens (tertiary/aromatic N) is 6.